The zero-order chi connectivity index (χ0) is 16.9. The van der Waals surface area contributed by atoms with Crippen molar-refractivity contribution < 1.29 is 18.7 Å². The van der Waals surface area contributed by atoms with Crippen molar-refractivity contribution in [2.24, 2.45) is 0 Å². The van der Waals surface area contributed by atoms with Crippen molar-refractivity contribution in [3.8, 4) is 0 Å². The molecule has 0 heterocycles. The van der Waals surface area contributed by atoms with Gasteiger partial charge in [0.2, 0.25) is 5.91 Å². The summed E-state index contributed by atoms with van der Waals surface area (Å²) in [4.78, 5) is 25.3. The van der Waals surface area contributed by atoms with Crippen LogP contribution in [0, 0.1) is 5.82 Å². The Hall–Kier alpha value is -1.95. The maximum atomic E-state index is 13.3. The number of carbonyl (C=O) groups excluding carboxylic acids is 2. The molecule has 22 heavy (non-hydrogen) atoms. The van der Waals surface area contributed by atoms with Gasteiger partial charge in [0.15, 0.2) is 0 Å². The van der Waals surface area contributed by atoms with Crippen molar-refractivity contribution >= 4 is 11.9 Å². The van der Waals surface area contributed by atoms with Gasteiger partial charge in [-0.3, -0.25) is 9.69 Å². The molecule has 1 amide bonds. The molecule has 0 radical (unpaired) electrons. The zero-order valence-electron chi connectivity index (χ0n) is 13.7. The minimum absolute atomic E-state index is 0.114. The van der Waals surface area contributed by atoms with Gasteiger partial charge in [0.25, 0.3) is 0 Å². The molecule has 122 valence electrons. The van der Waals surface area contributed by atoms with E-state index in [2.05, 4.69) is 10.1 Å². The summed E-state index contributed by atoms with van der Waals surface area (Å²) in [5, 5.41) is 2.86. The smallest absolute Gasteiger partial charge is 0.338 e. The lowest BCUT2D eigenvalue weighted by molar-refractivity contribution is -0.123. The number of amides is 1. The fraction of sp³-hybridized carbons (Fsp3) is 0.500. The predicted octanol–water partition coefficient (Wildman–Crippen LogP) is 1.96. The van der Waals surface area contributed by atoms with Crippen molar-refractivity contribution in [2.45, 2.75) is 32.9 Å². The van der Waals surface area contributed by atoms with Gasteiger partial charge in [0.1, 0.15) is 5.82 Å². The Balaban J connectivity index is 2.78. The molecule has 0 atom stereocenters. The number of benzene rings is 1. The van der Waals surface area contributed by atoms with Gasteiger partial charge >= 0.3 is 5.97 Å². The molecular weight excluding hydrogens is 287 g/mol. The molecule has 1 rings (SSSR count). The van der Waals surface area contributed by atoms with E-state index in [-0.39, 0.29) is 23.6 Å². The lowest BCUT2D eigenvalue weighted by Gasteiger charge is -2.23. The number of esters is 1. The third-order valence-corrected chi connectivity index (χ3v) is 2.85. The molecule has 0 saturated carbocycles. The highest BCUT2D eigenvalue weighted by atomic mass is 19.1. The highest BCUT2D eigenvalue weighted by Gasteiger charge is 2.18. The van der Waals surface area contributed by atoms with Gasteiger partial charge in [-0.05, 0) is 45.5 Å². The van der Waals surface area contributed by atoms with Gasteiger partial charge in [-0.2, -0.15) is 0 Å². The lowest BCUT2D eigenvalue weighted by Crippen LogP contribution is -2.45. The third-order valence-electron chi connectivity index (χ3n) is 2.85. The number of hydrogen-bond donors (Lipinski definition) is 1. The van der Waals surface area contributed by atoms with Crippen molar-refractivity contribution in [2.75, 3.05) is 20.7 Å². The summed E-state index contributed by atoms with van der Waals surface area (Å²) in [5.74, 6) is -1.21. The quantitative estimate of drug-likeness (QED) is 0.845. The third kappa shape index (κ3) is 5.81. The summed E-state index contributed by atoms with van der Waals surface area (Å²) < 4.78 is 17.9. The van der Waals surface area contributed by atoms with Crippen molar-refractivity contribution in [3.05, 3.63) is 35.1 Å². The Kier molecular flexibility index (Phi) is 6.05. The summed E-state index contributed by atoms with van der Waals surface area (Å²) in [7, 11) is 3.00. The van der Waals surface area contributed by atoms with E-state index in [1.807, 2.05) is 20.8 Å². The second kappa shape index (κ2) is 7.35. The molecule has 0 unspecified atom stereocenters. The van der Waals surface area contributed by atoms with Crippen LogP contribution in [-0.4, -0.2) is 43.0 Å². The largest absolute Gasteiger partial charge is 0.465 e. The molecule has 0 saturated heterocycles. The van der Waals surface area contributed by atoms with E-state index in [4.69, 9.17) is 0 Å². The maximum Gasteiger partial charge on any atom is 0.338 e. The molecule has 0 spiro atoms. The Morgan fingerprint density at radius 1 is 1.32 bits per heavy atom. The topological polar surface area (TPSA) is 58.6 Å². The summed E-state index contributed by atoms with van der Waals surface area (Å²) in [5.41, 5.74) is 0.482. The van der Waals surface area contributed by atoms with Crippen LogP contribution >= 0.6 is 0 Å². The number of nitrogens with one attached hydrogen (secondary N) is 1. The minimum atomic E-state index is -0.595. The van der Waals surface area contributed by atoms with Crippen LogP contribution in [0.25, 0.3) is 0 Å². The van der Waals surface area contributed by atoms with Crippen molar-refractivity contribution in [1.29, 1.82) is 0 Å². The number of nitrogens with zero attached hydrogens (tertiary/aromatic N) is 1. The molecule has 1 aromatic carbocycles. The summed E-state index contributed by atoms with van der Waals surface area (Å²) >= 11 is 0. The van der Waals surface area contributed by atoms with E-state index in [0.717, 1.165) is 6.07 Å². The number of ether oxygens (including phenoxy) is 1. The normalized spacial score (nSPS) is 11.4. The van der Waals surface area contributed by atoms with Crippen molar-refractivity contribution in [1.82, 2.24) is 10.2 Å². The van der Waals surface area contributed by atoms with Crippen LogP contribution in [0.2, 0.25) is 0 Å². The Labute approximate surface area is 130 Å². The standard InChI is InChI=1S/C16H23FN2O3/c1-16(2,3)18-14(20)10-19(4)9-11-6-7-12(17)8-13(11)15(21)22-5/h6-8H,9-10H2,1-5H3,(H,18,20). The van der Waals surface area contributed by atoms with E-state index in [0.29, 0.717) is 12.1 Å². The first kappa shape index (κ1) is 18.1. The van der Waals surface area contributed by atoms with Crippen LogP contribution in [0.4, 0.5) is 4.39 Å². The number of halogens is 1. The maximum absolute atomic E-state index is 13.3. The average Bonchev–Trinajstić information content (AvgIpc) is 2.37. The SMILES string of the molecule is COC(=O)c1cc(F)ccc1CN(C)CC(=O)NC(C)(C)C. The van der Waals surface area contributed by atoms with Crippen LogP contribution in [0.15, 0.2) is 18.2 Å². The molecule has 1 aromatic rings. The van der Waals surface area contributed by atoms with Gasteiger partial charge in [0, 0.05) is 12.1 Å². The van der Waals surface area contributed by atoms with Gasteiger partial charge in [-0.15, -0.1) is 0 Å². The summed E-state index contributed by atoms with van der Waals surface area (Å²) in [6, 6.07) is 3.95. The van der Waals surface area contributed by atoms with Crippen LogP contribution < -0.4 is 5.32 Å². The van der Waals surface area contributed by atoms with Crippen LogP contribution in [0.5, 0.6) is 0 Å². The molecule has 0 aliphatic rings. The Morgan fingerprint density at radius 2 is 1.95 bits per heavy atom. The zero-order valence-corrected chi connectivity index (χ0v) is 13.7. The first-order valence-corrected chi connectivity index (χ1v) is 6.98. The second-order valence-corrected chi connectivity index (χ2v) is 6.26. The number of likely N-dealkylation sites (N-methyl/N-ethyl adjacent to an activating group) is 1. The molecule has 0 fully saturated rings. The van der Waals surface area contributed by atoms with Crippen LogP contribution in [0.3, 0.4) is 0 Å². The summed E-state index contributed by atoms with van der Waals surface area (Å²) in [6.45, 7) is 6.22. The molecule has 0 aliphatic carbocycles. The number of methoxy groups -OCH3 is 1. The molecule has 1 N–H and O–H groups in total. The lowest BCUT2D eigenvalue weighted by atomic mass is 10.1. The number of carbonyl (C=O) groups is 2. The Morgan fingerprint density at radius 3 is 2.50 bits per heavy atom. The fourth-order valence-corrected chi connectivity index (χ4v) is 2.04. The first-order valence-electron chi connectivity index (χ1n) is 6.98. The van der Waals surface area contributed by atoms with E-state index >= 15 is 0 Å². The van der Waals surface area contributed by atoms with E-state index in [9.17, 15) is 14.0 Å². The average molecular weight is 310 g/mol. The van der Waals surface area contributed by atoms with E-state index in [1.54, 1.807) is 11.9 Å². The summed E-state index contributed by atoms with van der Waals surface area (Å²) in [6.07, 6.45) is 0. The molecule has 0 aromatic heterocycles. The molecule has 0 aliphatic heterocycles. The highest BCUT2D eigenvalue weighted by Crippen LogP contribution is 2.14. The second-order valence-electron chi connectivity index (χ2n) is 6.26. The van der Waals surface area contributed by atoms with E-state index in [1.165, 1.54) is 19.2 Å². The first-order chi connectivity index (χ1) is 10.1. The molecule has 6 heteroatoms. The van der Waals surface area contributed by atoms with Gasteiger partial charge in [0.05, 0.1) is 19.2 Å². The Bertz CT molecular complexity index is 553. The van der Waals surface area contributed by atoms with Gasteiger partial charge in [-0.1, -0.05) is 6.07 Å². The van der Waals surface area contributed by atoms with Crippen LogP contribution in [0.1, 0.15) is 36.7 Å². The molecular formula is C16H23FN2O3. The number of hydrogen-bond acceptors (Lipinski definition) is 4. The monoisotopic (exact) mass is 310 g/mol. The molecule has 5 nitrogen and oxygen atoms in total. The minimum Gasteiger partial charge on any atom is -0.465 e. The molecule has 0 bridgehead atoms. The van der Waals surface area contributed by atoms with E-state index < -0.39 is 11.8 Å². The predicted molar refractivity (Wildman–Crippen MR) is 82.0 cm³/mol. The van der Waals surface area contributed by atoms with Crippen molar-refractivity contribution in [3.63, 3.8) is 0 Å². The van der Waals surface area contributed by atoms with Gasteiger partial charge in [-0.25, -0.2) is 9.18 Å². The fourth-order valence-electron chi connectivity index (χ4n) is 2.04. The highest BCUT2D eigenvalue weighted by molar-refractivity contribution is 5.91. The number of rotatable bonds is 5. The van der Waals surface area contributed by atoms with Gasteiger partial charge < -0.3 is 10.1 Å². The van der Waals surface area contributed by atoms with Crippen LogP contribution in [-0.2, 0) is 16.1 Å².